The molecule has 0 N–H and O–H groups in total. The van der Waals surface area contributed by atoms with Crippen molar-refractivity contribution in [3.05, 3.63) is 12.2 Å². The largest absolute Gasteiger partial charge is 0.0877 e. The number of hydrogen-bond donors (Lipinski definition) is 0. The summed E-state index contributed by atoms with van der Waals surface area (Å²) in [6, 6.07) is 0. The molecule has 0 saturated carbocycles. The molecule has 0 bridgehead atoms. The third-order valence-corrected chi connectivity index (χ3v) is 1.51. The van der Waals surface area contributed by atoms with Gasteiger partial charge in [-0.15, -0.1) is 0 Å². The van der Waals surface area contributed by atoms with Crippen LogP contribution in [0.2, 0.25) is 0 Å². The average Bonchev–Trinajstić information content (AvgIpc) is 1.81. The van der Waals surface area contributed by atoms with Gasteiger partial charge in [-0.2, -0.15) is 0 Å². The fourth-order valence-corrected chi connectivity index (χ4v) is 0.913. The van der Waals surface area contributed by atoms with Gasteiger partial charge in [0.05, 0.1) is 0 Å². The molecular weight excluding hydrogens is 120 g/mol. The van der Waals surface area contributed by atoms with Gasteiger partial charge in [0.15, 0.2) is 0 Å². The van der Waals surface area contributed by atoms with Gasteiger partial charge in [-0.3, -0.25) is 0 Å². The van der Waals surface area contributed by atoms with Crippen molar-refractivity contribution in [1.29, 1.82) is 0 Å². The van der Waals surface area contributed by atoms with Crippen molar-refractivity contribution in [2.45, 2.75) is 46.5 Å². The van der Waals surface area contributed by atoms with E-state index in [-0.39, 0.29) is 0 Å². The van der Waals surface area contributed by atoms with Crippen molar-refractivity contribution in [3.63, 3.8) is 0 Å². The van der Waals surface area contributed by atoms with Crippen molar-refractivity contribution in [1.82, 2.24) is 0 Å². The molecule has 10 heavy (non-hydrogen) atoms. The van der Waals surface area contributed by atoms with E-state index < -0.39 is 0 Å². The van der Waals surface area contributed by atoms with E-state index in [9.17, 15) is 0 Å². The smallest absolute Gasteiger partial charge is 0.0199 e. The molecule has 0 radical (unpaired) electrons. The Hall–Kier alpha value is -0.260. The fraction of sp³-hybridized carbons (Fsp3) is 0.800. The molecule has 0 aromatic rings. The Bertz CT molecular complexity index is 82.0. The van der Waals surface area contributed by atoms with E-state index in [0.717, 1.165) is 5.92 Å². The highest BCUT2D eigenvalue weighted by molar-refractivity contribution is 5.01. The average molecular weight is 140 g/mol. The predicted molar refractivity (Wildman–Crippen MR) is 48.1 cm³/mol. The normalized spacial score (nSPS) is 20.9. The molecule has 0 heterocycles. The topological polar surface area (TPSA) is 0 Å². The summed E-state index contributed by atoms with van der Waals surface area (Å²) >= 11 is 0. The molecule has 1 aliphatic rings. The molecule has 1 rings (SSSR count). The second-order valence-electron chi connectivity index (χ2n) is 2.92. The Labute approximate surface area is 65.3 Å². The monoisotopic (exact) mass is 140 g/mol. The van der Waals surface area contributed by atoms with Crippen molar-refractivity contribution in [2.75, 3.05) is 0 Å². The number of hydrogen-bond acceptors (Lipinski definition) is 0. The van der Waals surface area contributed by atoms with Crippen molar-refractivity contribution >= 4 is 0 Å². The van der Waals surface area contributed by atoms with E-state index in [1.54, 1.807) is 0 Å². The molecule has 1 atom stereocenters. The lowest BCUT2D eigenvalue weighted by Crippen LogP contribution is -2.00. The fourth-order valence-electron chi connectivity index (χ4n) is 0.913. The summed E-state index contributed by atoms with van der Waals surface area (Å²) in [5.41, 5.74) is 0. The highest BCUT2D eigenvalue weighted by atomic mass is 14.1. The molecule has 1 aliphatic carbocycles. The maximum atomic E-state index is 2.31. The van der Waals surface area contributed by atoms with Gasteiger partial charge in [0.25, 0.3) is 0 Å². The van der Waals surface area contributed by atoms with E-state index in [1.165, 1.54) is 25.7 Å². The molecule has 0 spiro atoms. The number of allylic oxidation sites excluding steroid dienone is 2. The van der Waals surface area contributed by atoms with Gasteiger partial charge in [0.2, 0.25) is 0 Å². The van der Waals surface area contributed by atoms with Gasteiger partial charge >= 0.3 is 0 Å². The quantitative estimate of drug-likeness (QED) is 0.512. The minimum Gasteiger partial charge on any atom is -0.0877 e. The maximum Gasteiger partial charge on any atom is -0.0199 e. The maximum absolute atomic E-state index is 2.31. The van der Waals surface area contributed by atoms with Gasteiger partial charge in [0.1, 0.15) is 0 Å². The molecule has 0 saturated heterocycles. The van der Waals surface area contributed by atoms with Crippen LogP contribution in [0.3, 0.4) is 0 Å². The Morgan fingerprint density at radius 2 is 1.80 bits per heavy atom. The van der Waals surface area contributed by atoms with Crippen molar-refractivity contribution < 1.29 is 0 Å². The summed E-state index contributed by atoms with van der Waals surface area (Å²) < 4.78 is 0. The molecular formula is C10H20. The first kappa shape index (κ1) is 9.74. The predicted octanol–water partition coefficient (Wildman–Crippen LogP) is 3.78. The molecule has 60 valence electrons. The van der Waals surface area contributed by atoms with Crippen LogP contribution in [0, 0.1) is 5.92 Å². The van der Waals surface area contributed by atoms with Crippen LogP contribution in [0.25, 0.3) is 0 Å². The molecule has 0 aromatic heterocycles. The second kappa shape index (κ2) is 6.85. The van der Waals surface area contributed by atoms with Crippen molar-refractivity contribution in [2.24, 2.45) is 5.92 Å². The van der Waals surface area contributed by atoms with E-state index in [4.69, 9.17) is 0 Å². The van der Waals surface area contributed by atoms with Crippen LogP contribution in [0.1, 0.15) is 46.5 Å². The molecule has 0 fully saturated rings. The lowest BCUT2D eigenvalue weighted by molar-refractivity contribution is 0.548. The summed E-state index contributed by atoms with van der Waals surface area (Å²) in [4.78, 5) is 0. The van der Waals surface area contributed by atoms with Gasteiger partial charge in [-0.25, -0.2) is 0 Å². The van der Waals surface area contributed by atoms with Gasteiger partial charge < -0.3 is 0 Å². The first-order valence-electron chi connectivity index (χ1n) is 4.51. The van der Waals surface area contributed by atoms with Gasteiger partial charge in [0, 0.05) is 0 Å². The summed E-state index contributed by atoms with van der Waals surface area (Å²) in [7, 11) is 0. The van der Waals surface area contributed by atoms with E-state index in [0.29, 0.717) is 0 Å². The van der Waals surface area contributed by atoms with Crippen LogP contribution >= 0.6 is 0 Å². The molecule has 0 nitrogen and oxygen atoms in total. The Morgan fingerprint density at radius 3 is 1.90 bits per heavy atom. The standard InChI is InChI=1S/C7H12.C3H8/c1-2-4-7-5-3-6-7;1-3-2/h3,5,7H,2,4,6H2,1H3;3H2,1-2H3. The summed E-state index contributed by atoms with van der Waals surface area (Å²) in [6.45, 7) is 6.49. The van der Waals surface area contributed by atoms with Crippen LogP contribution in [-0.2, 0) is 0 Å². The number of rotatable bonds is 2. The van der Waals surface area contributed by atoms with Gasteiger partial charge in [-0.1, -0.05) is 45.8 Å². The highest BCUT2D eigenvalue weighted by Crippen LogP contribution is 2.21. The SMILES string of the molecule is CCC.CCCC1C=CC1. The molecule has 0 aromatic carbocycles. The lowest BCUT2D eigenvalue weighted by atomic mass is 9.91. The van der Waals surface area contributed by atoms with E-state index in [1.807, 2.05) is 0 Å². The third kappa shape index (κ3) is 4.60. The zero-order chi connectivity index (χ0) is 7.82. The summed E-state index contributed by atoms with van der Waals surface area (Å²) in [5, 5.41) is 0. The molecule has 0 aliphatic heterocycles. The Morgan fingerprint density at radius 1 is 1.30 bits per heavy atom. The first-order valence-corrected chi connectivity index (χ1v) is 4.51. The van der Waals surface area contributed by atoms with E-state index in [2.05, 4.69) is 32.9 Å². The minimum absolute atomic E-state index is 0.949. The molecule has 0 heteroatoms. The van der Waals surface area contributed by atoms with Crippen molar-refractivity contribution in [3.8, 4) is 0 Å². The highest BCUT2D eigenvalue weighted by Gasteiger charge is 2.06. The minimum atomic E-state index is 0.949. The second-order valence-corrected chi connectivity index (χ2v) is 2.92. The zero-order valence-electron chi connectivity index (χ0n) is 7.56. The Balaban J connectivity index is 0.000000236. The lowest BCUT2D eigenvalue weighted by Gasteiger charge is -2.15. The third-order valence-electron chi connectivity index (χ3n) is 1.51. The van der Waals surface area contributed by atoms with Crippen LogP contribution in [0.15, 0.2) is 12.2 Å². The molecule has 0 amide bonds. The molecule has 1 unspecified atom stereocenters. The van der Waals surface area contributed by atoms with Crippen LogP contribution in [0.4, 0.5) is 0 Å². The van der Waals surface area contributed by atoms with E-state index >= 15 is 0 Å². The van der Waals surface area contributed by atoms with Crippen LogP contribution in [0.5, 0.6) is 0 Å². The van der Waals surface area contributed by atoms with Crippen LogP contribution in [-0.4, -0.2) is 0 Å². The summed E-state index contributed by atoms with van der Waals surface area (Å²) in [6.07, 6.45) is 9.89. The Kier molecular flexibility index (Phi) is 6.68. The van der Waals surface area contributed by atoms with Gasteiger partial charge in [-0.05, 0) is 18.8 Å². The van der Waals surface area contributed by atoms with Crippen LogP contribution < -0.4 is 0 Å². The zero-order valence-corrected chi connectivity index (χ0v) is 7.56. The first-order chi connectivity index (χ1) is 4.85. The summed E-state index contributed by atoms with van der Waals surface area (Å²) in [5.74, 6) is 0.949.